The Balaban J connectivity index is 2.14. The van der Waals surface area contributed by atoms with Crippen molar-refractivity contribution >= 4 is 5.91 Å². The molecule has 0 fully saturated rings. The standard InChI is InChI=1S/C15H15F3N2O2/c1-9-13(10(2)22-19-9)8-20(3)14(21)11-4-6-12(7-5-11)15(16,17)18/h4-7H,8H2,1-3H3. The van der Waals surface area contributed by atoms with Crippen molar-refractivity contribution < 1.29 is 22.5 Å². The molecule has 0 aliphatic heterocycles. The molecule has 0 bridgehead atoms. The number of benzene rings is 1. The van der Waals surface area contributed by atoms with E-state index in [-0.39, 0.29) is 18.0 Å². The monoisotopic (exact) mass is 312 g/mol. The smallest absolute Gasteiger partial charge is 0.361 e. The summed E-state index contributed by atoms with van der Waals surface area (Å²) in [6.45, 7) is 3.79. The molecule has 0 saturated heterocycles. The number of hydrogen-bond donors (Lipinski definition) is 0. The van der Waals surface area contributed by atoms with E-state index in [9.17, 15) is 18.0 Å². The number of carbonyl (C=O) groups excluding carboxylic acids is 1. The van der Waals surface area contributed by atoms with Crippen LogP contribution in [0.15, 0.2) is 28.8 Å². The van der Waals surface area contributed by atoms with Crippen LogP contribution in [0.5, 0.6) is 0 Å². The molecule has 2 rings (SSSR count). The van der Waals surface area contributed by atoms with Crippen LogP contribution in [-0.2, 0) is 12.7 Å². The van der Waals surface area contributed by atoms with Gasteiger partial charge in [-0.05, 0) is 38.1 Å². The fraction of sp³-hybridized carbons (Fsp3) is 0.333. The highest BCUT2D eigenvalue weighted by Gasteiger charge is 2.30. The van der Waals surface area contributed by atoms with E-state index in [0.29, 0.717) is 11.5 Å². The third-order valence-corrected chi connectivity index (χ3v) is 3.38. The second-order valence-electron chi connectivity index (χ2n) is 5.04. The molecular weight excluding hydrogens is 297 g/mol. The SMILES string of the molecule is Cc1noc(C)c1CN(C)C(=O)c1ccc(C(F)(F)F)cc1. The first-order valence-electron chi connectivity index (χ1n) is 6.54. The van der Waals surface area contributed by atoms with Gasteiger partial charge in [-0.15, -0.1) is 0 Å². The molecule has 0 spiro atoms. The predicted molar refractivity (Wildman–Crippen MR) is 73.2 cm³/mol. The first-order chi connectivity index (χ1) is 10.2. The molecule has 1 aromatic carbocycles. The number of aromatic nitrogens is 1. The van der Waals surface area contributed by atoms with Crippen molar-refractivity contribution in [2.24, 2.45) is 0 Å². The molecule has 2 aromatic rings. The molecule has 22 heavy (non-hydrogen) atoms. The lowest BCUT2D eigenvalue weighted by molar-refractivity contribution is -0.137. The zero-order chi connectivity index (χ0) is 16.5. The summed E-state index contributed by atoms with van der Waals surface area (Å²) in [5.74, 6) is 0.248. The summed E-state index contributed by atoms with van der Waals surface area (Å²) in [7, 11) is 1.58. The number of alkyl halides is 3. The van der Waals surface area contributed by atoms with Crippen molar-refractivity contribution in [3.05, 3.63) is 52.4 Å². The van der Waals surface area contributed by atoms with Gasteiger partial charge in [-0.2, -0.15) is 13.2 Å². The Morgan fingerprint density at radius 1 is 1.23 bits per heavy atom. The third-order valence-electron chi connectivity index (χ3n) is 3.38. The summed E-state index contributed by atoms with van der Waals surface area (Å²) < 4.78 is 42.5. The Labute approximate surface area is 125 Å². The lowest BCUT2D eigenvalue weighted by Crippen LogP contribution is -2.26. The minimum atomic E-state index is -4.41. The molecular formula is C15H15F3N2O2. The van der Waals surface area contributed by atoms with Crippen LogP contribution in [-0.4, -0.2) is 23.0 Å². The van der Waals surface area contributed by atoms with Gasteiger partial charge in [0.1, 0.15) is 5.76 Å². The van der Waals surface area contributed by atoms with E-state index in [1.165, 1.54) is 17.0 Å². The summed E-state index contributed by atoms with van der Waals surface area (Å²) in [5.41, 5.74) is 0.895. The molecule has 0 atom stereocenters. The fourth-order valence-corrected chi connectivity index (χ4v) is 2.06. The summed E-state index contributed by atoms with van der Waals surface area (Å²) in [4.78, 5) is 13.7. The van der Waals surface area contributed by atoms with Gasteiger partial charge in [0.15, 0.2) is 0 Å². The van der Waals surface area contributed by atoms with Crippen LogP contribution in [0.4, 0.5) is 13.2 Å². The molecule has 118 valence electrons. The molecule has 1 heterocycles. The number of amides is 1. The van der Waals surface area contributed by atoms with Crippen LogP contribution in [0.1, 0.15) is 32.9 Å². The number of hydrogen-bond acceptors (Lipinski definition) is 3. The van der Waals surface area contributed by atoms with Gasteiger partial charge in [0.05, 0.1) is 17.8 Å². The van der Waals surface area contributed by atoms with Gasteiger partial charge in [0, 0.05) is 18.2 Å². The van der Waals surface area contributed by atoms with E-state index in [1.807, 2.05) is 0 Å². The summed E-state index contributed by atoms with van der Waals surface area (Å²) in [6.07, 6.45) is -4.41. The van der Waals surface area contributed by atoms with Crippen molar-refractivity contribution in [3.8, 4) is 0 Å². The lowest BCUT2D eigenvalue weighted by atomic mass is 10.1. The Kier molecular flexibility index (Phi) is 4.25. The van der Waals surface area contributed by atoms with Crippen LogP contribution in [0.3, 0.4) is 0 Å². The van der Waals surface area contributed by atoms with Crippen LogP contribution in [0, 0.1) is 13.8 Å². The number of halogens is 3. The maximum Gasteiger partial charge on any atom is 0.416 e. The summed E-state index contributed by atoms with van der Waals surface area (Å²) >= 11 is 0. The van der Waals surface area contributed by atoms with E-state index in [1.54, 1.807) is 20.9 Å². The maximum atomic E-state index is 12.5. The maximum absolute atomic E-state index is 12.5. The topological polar surface area (TPSA) is 46.3 Å². The molecule has 0 unspecified atom stereocenters. The predicted octanol–water partition coefficient (Wildman–Crippen LogP) is 3.58. The highest BCUT2D eigenvalue weighted by atomic mass is 19.4. The quantitative estimate of drug-likeness (QED) is 0.870. The van der Waals surface area contributed by atoms with Crippen LogP contribution >= 0.6 is 0 Å². The van der Waals surface area contributed by atoms with Crippen molar-refractivity contribution in [1.82, 2.24) is 10.1 Å². The van der Waals surface area contributed by atoms with Gasteiger partial charge >= 0.3 is 6.18 Å². The average Bonchev–Trinajstić information content (AvgIpc) is 2.77. The highest BCUT2D eigenvalue weighted by molar-refractivity contribution is 5.94. The lowest BCUT2D eigenvalue weighted by Gasteiger charge is -2.17. The van der Waals surface area contributed by atoms with Gasteiger partial charge in [-0.25, -0.2) is 0 Å². The van der Waals surface area contributed by atoms with E-state index >= 15 is 0 Å². The van der Waals surface area contributed by atoms with Crippen molar-refractivity contribution in [2.45, 2.75) is 26.6 Å². The van der Waals surface area contributed by atoms with Gasteiger partial charge < -0.3 is 9.42 Å². The normalized spacial score (nSPS) is 11.5. The molecule has 0 N–H and O–H groups in total. The second kappa shape index (κ2) is 5.82. The molecule has 0 aliphatic rings. The Morgan fingerprint density at radius 3 is 2.27 bits per heavy atom. The van der Waals surface area contributed by atoms with Gasteiger partial charge in [0.2, 0.25) is 0 Å². The largest absolute Gasteiger partial charge is 0.416 e. The van der Waals surface area contributed by atoms with Crippen molar-refractivity contribution in [3.63, 3.8) is 0 Å². The minimum Gasteiger partial charge on any atom is -0.361 e. The van der Waals surface area contributed by atoms with Crippen LogP contribution in [0.2, 0.25) is 0 Å². The Morgan fingerprint density at radius 2 is 1.82 bits per heavy atom. The molecule has 0 aliphatic carbocycles. The zero-order valence-corrected chi connectivity index (χ0v) is 12.4. The number of carbonyl (C=O) groups is 1. The third kappa shape index (κ3) is 3.29. The minimum absolute atomic E-state index is 0.197. The van der Waals surface area contributed by atoms with E-state index in [4.69, 9.17) is 4.52 Å². The van der Waals surface area contributed by atoms with Gasteiger partial charge in [0.25, 0.3) is 5.91 Å². The first-order valence-corrected chi connectivity index (χ1v) is 6.54. The van der Waals surface area contributed by atoms with E-state index < -0.39 is 11.7 Å². The Bertz CT molecular complexity index is 656. The summed E-state index contributed by atoms with van der Waals surface area (Å²) in [6, 6.07) is 4.15. The summed E-state index contributed by atoms with van der Waals surface area (Å²) in [5, 5.41) is 3.80. The number of nitrogens with zero attached hydrogens (tertiary/aromatic N) is 2. The highest BCUT2D eigenvalue weighted by Crippen LogP contribution is 2.29. The number of rotatable bonds is 3. The van der Waals surface area contributed by atoms with Crippen LogP contribution in [0.25, 0.3) is 0 Å². The molecule has 0 saturated carbocycles. The molecule has 1 aromatic heterocycles. The first kappa shape index (κ1) is 16.1. The molecule has 7 heteroatoms. The average molecular weight is 312 g/mol. The van der Waals surface area contributed by atoms with E-state index in [0.717, 1.165) is 17.7 Å². The van der Waals surface area contributed by atoms with Crippen LogP contribution < -0.4 is 0 Å². The zero-order valence-electron chi connectivity index (χ0n) is 12.4. The van der Waals surface area contributed by atoms with Gasteiger partial charge in [-0.1, -0.05) is 5.16 Å². The number of aryl methyl sites for hydroxylation is 2. The van der Waals surface area contributed by atoms with Gasteiger partial charge in [-0.3, -0.25) is 4.79 Å². The molecule has 0 radical (unpaired) electrons. The second-order valence-corrected chi connectivity index (χ2v) is 5.04. The fourth-order valence-electron chi connectivity index (χ4n) is 2.06. The molecule has 1 amide bonds. The molecule has 4 nitrogen and oxygen atoms in total. The van der Waals surface area contributed by atoms with Crippen molar-refractivity contribution in [1.29, 1.82) is 0 Å². The van der Waals surface area contributed by atoms with E-state index in [2.05, 4.69) is 5.16 Å². The van der Waals surface area contributed by atoms with Crippen molar-refractivity contribution in [2.75, 3.05) is 7.05 Å². The Hall–Kier alpha value is -2.31.